The SMILES string of the molecule is CCCCNC(=O)CS(=O)(=O)Nc1ccc(N2CCCCC2)cc1. The minimum Gasteiger partial charge on any atom is -0.372 e. The van der Waals surface area contributed by atoms with E-state index in [1.54, 1.807) is 12.1 Å². The number of nitrogens with one attached hydrogen (secondary N) is 2. The van der Waals surface area contributed by atoms with E-state index >= 15 is 0 Å². The molecule has 1 aliphatic rings. The van der Waals surface area contributed by atoms with Crippen LogP contribution >= 0.6 is 0 Å². The van der Waals surface area contributed by atoms with Crippen LogP contribution in [0.2, 0.25) is 0 Å². The van der Waals surface area contributed by atoms with Gasteiger partial charge in [0, 0.05) is 31.0 Å². The van der Waals surface area contributed by atoms with Crippen molar-refractivity contribution in [1.29, 1.82) is 0 Å². The van der Waals surface area contributed by atoms with Crippen LogP contribution < -0.4 is 14.9 Å². The number of unbranched alkanes of at least 4 members (excludes halogenated alkanes) is 1. The third-order valence-corrected chi connectivity index (χ3v) is 5.22. The Hall–Kier alpha value is -1.76. The summed E-state index contributed by atoms with van der Waals surface area (Å²) in [6.07, 6.45) is 5.46. The molecule has 1 aromatic carbocycles. The third-order valence-electron chi connectivity index (χ3n) is 4.04. The van der Waals surface area contributed by atoms with E-state index in [0.29, 0.717) is 12.2 Å². The standard InChI is InChI=1S/C17H27N3O3S/c1-2-3-11-18-17(21)14-24(22,23)19-15-7-9-16(10-8-15)20-12-5-4-6-13-20/h7-10,19H,2-6,11-14H2,1H3,(H,18,21). The Morgan fingerprint density at radius 3 is 2.42 bits per heavy atom. The predicted octanol–water partition coefficient (Wildman–Crippen LogP) is 2.33. The Labute approximate surface area is 144 Å². The van der Waals surface area contributed by atoms with Gasteiger partial charge in [-0.2, -0.15) is 0 Å². The van der Waals surface area contributed by atoms with Crippen molar-refractivity contribution in [3.63, 3.8) is 0 Å². The van der Waals surface area contributed by atoms with Crippen LogP contribution in [0.15, 0.2) is 24.3 Å². The summed E-state index contributed by atoms with van der Waals surface area (Å²) in [5.74, 6) is -1.02. The van der Waals surface area contributed by atoms with E-state index in [1.807, 2.05) is 19.1 Å². The second-order valence-corrected chi connectivity index (χ2v) is 7.88. The minimum atomic E-state index is -3.68. The zero-order valence-corrected chi connectivity index (χ0v) is 15.1. The zero-order valence-electron chi connectivity index (χ0n) is 14.3. The molecule has 2 N–H and O–H groups in total. The van der Waals surface area contributed by atoms with Crippen molar-refractivity contribution >= 4 is 27.3 Å². The van der Waals surface area contributed by atoms with Gasteiger partial charge in [0.1, 0.15) is 5.75 Å². The molecule has 0 unspecified atom stereocenters. The van der Waals surface area contributed by atoms with E-state index in [4.69, 9.17) is 0 Å². The maximum atomic E-state index is 12.0. The first-order valence-corrected chi connectivity index (χ1v) is 10.3. The maximum Gasteiger partial charge on any atom is 0.241 e. The maximum absolute atomic E-state index is 12.0. The van der Waals surface area contributed by atoms with Crippen LogP contribution in [0.4, 0.5) is 11.4 Å². The van der Waals surface area contributed by atoms with Crippen molar-refractivity contribution < 1.29 is 13.2 Å². The highest BCUT2D eigenvalue weighted by molar-refractivity contribution is 7.93. The molecule has 0 bridgehead atoms. The lowest BCUT2D eigenvalue weighted by Gasteiger charge is -2.28. The smallest absolute Gasteiger partial charge is 0.241 e. The number of amides is 1. The molecule has 134 valence electrons. The van der Waals surface area contributed by atoms with Gasteiger partial charge in [-0.3, -0.25) is 9.52 Å². The normalized spacial score (nSPS) is 15.1. The van der Waals surface area contributed by atoms with E-state index < -0.39 is 21.7 Å². The topological polar surface area (TPSA) is 78.5 Å². The van der Waals surface area contributed by atoms with Crippen LogP contribution in [0, 0.1) is 0 Å². The number of anilines is 2. The van der Waals surface area contributed by atoms with Gasteiger partial charge in [0.25, 0.3) is 0 Å². The Kier molecular flexibility index (Phi) is 6.90. The second-order valence-electron chi connectivity index (χ2n) is 6.16. The Morgan fingerprint density at radius 1 is 1.12 bits per heavy atom. The number of carbonyl (C=O) groups excluding carboxylic acids is 1. The predicted molar refractivity (Wildman–Crippen MR) is 97.8 cm³/mol. The molecular formula is C17H27N3O3S. The van der Waals surface area contributed by atoms with E-state index in [0.717, 1.165) is 31.6 Å². The highest BCUT2D eigenvalue weighted by Crippen LogP contribution is 2.22. The number of benzene rings is 1. The first kappa shape index (κ1) is 18.6. The molecule has 1 saturated heterocycles. The molecule has 0 atom stereocenters. The molecule has 1 aliphatic heterocycles. The Morgan fingerprint density at radius 2 is 1.79 bits per heavy atom. The van der Waals surface area contributed by atoms with Crippen molar-refractivity contribution in [3.05, 3.63) is 24.3 Å². The van der Waals surface area contributed by atoms with Crippen molar-refractivity contribution in [2.75, 3.05) is 35.0 Å². The quantitative estimate of drug-likeness (QED) is 0.703. The largest absolute Gasteiger partial charge is 0.372 e. The molecule has 24 heavy (non-hydrogen) atoms. The lowest BCUT2D eigenvalue weighted by atomic mass is 10.1. The lowest BCUT2D eigenvalue weighted by molar-refractivity contribution is -0.118. The fourth-order valence-electron chi connectivity index (χ4n) is 2.74. The number of carbonyl (C=O) groups is 1. The second kappa shape index (κ2) is 8.92. The molecule has 7 heteroatoms. The first-order valence-electron chi connectivity index (χ1n) is 8.62. The molecule has 0 aromatic heterocycles. The molecule has 1 aromatic rings. The minimum absolute atomic E-state index is 0.471. The lowest BCUT2D eigenvalue weighted by Crippen LogP contribution is -2.33. The van der Waals surface area contributed by atoms with Gasteiger partial charge in [-0.05, 0) is 49.9 Å². The van der Waals surface area contributed by atoms with E-state index in [2.05, 4.69) is 14.9 Å². The summed E-state index contributed by atoms with van der Waals surface area (Å²) in [6, 6.07) is 7.34. The molecule has 0 aliphatic carbocycles. The van der Waals surface area contributed by atoms with Crippen LogP contribution in [0.5, 0.6) is 0 Å². The summed E-state index contributed by atoms with van der Waals surface area (Å²) in [7, 11) is -3.68. The number of hydrogen-bond donors (Lipinski definition) is 2. The van der Waals surface area contributed by atoms with Crippen LogP contribution in [0.3, 0.4) is 0 Å². The Bertz CT molecular complexity index is 623. The summed E-state index contributed by atoms with van der Waals surface area (Å²) in [5.41, 5.74) is 1.59. The molecule has 0 spiro atoms. The molecule has 0 saturated carbocycles. The van der Waals surface area contributed by atoms with E-state index in [-0.39, 0.29) is 0 Å². The number of piperidine rings is 1. The average molecular weight is 353 g/mol. The van der Waals surface area contributed by atoms with Gasteiger partial charge < -0.3 is 10.2 Å². The molecule has 1 fully saturated rings. The number of nitrogens with zero attached hydrogens (tertiary/aromatic N) is 1. The van der Waals surface area contributed by atoms with Gasteiger partial charge in [0.05, 0.1) is 0 Å². The number of hydrogen-bond acceptors (Lipinski definition) is 4. The van der Waals surface area contributed by atoms with Crippen LogP contribution in [-0.2, 0) is 14.8 Å². The average Bonchev–Trinajstić information content (AvgIpc) is 2.55. The molecule has 0 radical (unpaired) electrons. The fourth-order valence-corrected chi connectivity index (χ4v) is 3.75. The number of rotatable bonds is 8. The first-order chi connectivity index (χ1) is 11.5. The summed E-state index contributed by atoms with van der Waals surface area (Å²) in [4.78, 5) is 14.0. The molecule has 6 nitrogen and oxygen atoms in total. The van der Waals surface area contributed by atoms with Gasteiger partial charge in [-0.15, -0.1) is 0 Å². The monoisotopic (exact) mass is 353 g/mol. The van der Waals surface area contributed by atoms with Crippen LogP contribution in [0.1, 0.15) is 39.0 Å². The summed E-state index contributed by atoms with van der Waals surface area (Å²) < 4.78 is 26.6. The van der Waals surface area contributed by atoms with Gasteiger partial charge in [0.15, 0.2) is 0 Å². The van der Waals surface area contributed by atoms with E-state index in [9.17, 15) is 13.2 Å². The molecular weight excluding hydrogens is 326 g/mol. The third kappa shape index (κ3) is 6.03. The highest BCUT2D eigenvalue weighted by Gasteiger charge is 2.16. The summed E-state index contributed by atoms with van der Waals surface area (Å²) >= 11 is 0. The van der Waals surface area contributed by atoms with Gasteiger partial charge >= 0.3 is 0 Å². The van der Waals surface area contributed by atoms with Crippen LogP contribution in [0.25, 0.3) is 0 Å². The van der Waals surface area contributed by atoms with E-state index in [1.165, 1.54) is 19.3 Å². The number of sulfonamides is 1. The summed E-state index contributed by atoms with van der Waals surface area (Å²) in [5, 5.41) is 2.61. The van der Waals surface area contributed by atoms with Gasteiger partial charge in [-0.1, -0.05) is 13.3 Å². The Balaban J connectivity index is 1.88. The van der Waals surface area contributed by atoms with Gasteiger partial charge in [-0.25, -0.2) is 8.42 Å². The fraction of sp³-hybridized carbons (Fsp3) is 0.588. The molecule has 1 heterocycles. The summed E-state index contributed by atoms with van der Waals surface area (Å²) in [6.45, 7) is 4.61. The van der Waals surface area contributed by atoms with Crippen molar-refractivity contribution in [3.8, 4) is 0 Å². The van der Waals surface area contributed by atoms with Crippen LogP contribution in [-0.4, -0.2) is 39.7 Å². The molecule has 1 amide bonds. The van der Waals surface area contributed by atoms with Gasteiger partial charge in [0.2, 0.25) is 15.9 Å². The van der Waals surface area contributed by atoms with Crippen molar-refractivity contribution in [2.45, 2.75) is 39.0 Å². The van der Waals surface area contributed by atoms with Crippen molar-refractivity contribution in [1.82, 2.24) is 5.32 Å². The molecule has 2 rings (SSSR count). The zero-order chi connectivity index (χ0) is 17.4. The highest BCUT2D eigenvalue weighted by atomic mass is 32.2. The van der Waals surface area contributed by atoms with Crippen molar-refractivity contribution in [2.24, 2.45) is 0 Å².